The average molecular weight is 298 g/mol. The van der Waals surface area contributed by atoms with Gasteiger partial charge in [0, 0.05) is 17.1 Å². The molecular weight excluding hydrogens is 286 g/mol. The lowest BCUT2D eigenvalue weighted by atomic mass is 10.3. The Kier molecular flexibility index (Phi) is 3.44. The van der Waals surface area contributed by atoms with Crippen LogP contribution in [0.5, 0.6) is 0 Å². The van der Waals surface area contributed by atoms with Crippen LogP contribution in [0.15, 0.2) is 22.8 Å². The molecular formula is C11H12BrN3O2. The van der Waals surface area contributed by atoms with Gasteiger partial charge >= 0.3 is 5.97 Å². The van der Waals surface area contributed by atoms with E-state index < -0.39 is 5.97 Å². The van der Waals surface area contributed by atoms with E-state index in [1.165, 1.54) is 7.11 Å². The Morgan fingerprint density at radius 1 is 1.65 bits per heavy atom. The molecule has 2 aromatic heterocycles. The van der Waals surface area contributed by atoms with Crippen LogP contribution in [0, 0.1) is 0 Å². The number of rotatable bonds is 3. The second kappa shape index (κ2) is 4.85. The van der Waals surface area contributed by atoms with Crippen molar-refractivity contribution >= 4 is 27.4 Å². The lowest BCUT2D eigenvalue weighted by Gasteiger charge is -1.99. The zero-order chi connectivity index (χ0) is 12.4. The molecule has 0 aliphatic rings. The van der Waals surface area contributed by atoms with Crippen LogP contribution in [-0.4, -0.2) is 29.0 Å². The fourth-order valence-electron chi connectivity index (χ4n) is 1.67. The molecule has 2 aromatic rings. The summed E-state index contributed by atoms with van der Waals surface area (Å²) in [5, 5.41) is 0. The standard InChI is InChI=1S/C11H12BrN3O2/c1-17-11(16)10-8-6-7(12)3-5-15(8)9(14-10)2-4-13/h3,5-6H,2,4,13H2,1H3. The van der Waals surface area contributed by atoms with Crippen LogP contribution in [0.4, 0.5) is 0 Å². The maximum absolute atomic E-state index is 11.6. The van der Waals surface area contributed by atoms with Gasteiger partial charge in [-0.25, -0.2) is 9.78 Å². The summed E-state index contributed by atoms with van der Waals surface area (Å²) in [7, 11) is 1.34. The summed E-state index contributed by atoms with van der Waals surface area (Å²) >= 11 is 3.37. The van der Waals surface area contributed by atoms with Gasteiger partial charge in [-0.1, -0.05) is 15.9 Å². The van der Waals surface area contributed by atoms with Gasteiger partial charge in [-0.2, -0.15) is 0 Å². The summed E-state index contributed by atoms with van der Waals surface area (Å²) in [5.41, 5.74) is 6.55. The minimum Gasteiger partial charge on any atom is -0.464 e. The van der Waals surface area contributed by atoms with Crippen molar-refractivity contribution in [1.82, 2.24) is 9.38 Å². The van der Waals surface area contributed by atoms with Crippen molar-refractivity contribution in [2.45, 2.75) is 6.42 Å². The molecule has 0 bridgehead atoms. The van der Waals surface area contributed by atoms with Crippen molar-refractivity contribution in [2.24, 2.45) is 5.73 Å². The summed E-state index contributed by atoms with van der Waals surface area (Å²) in [5.74, 6) is 0.319. The third-order valence-corrected chi connectivity index (χ3v) is 2.92. The molecule has 0 aromatic carbocycles. The predicted octanol–water partition coefficient (Wildman–Crippen LogP) is 1.38. The number of nitrogens with two attached hydrogens (primary N) is 1. The minimum absolute atomic E-state index is 0.317. The molecule has 90 valence electrons. The summed E-state index contributed by atoms with van der Waals surface area (Å²) in [6.45, 7) is 0.482. The van der Waals surface area contributed by atoms with Crippen LogP contribution in [-0.2, 0) is 11.2 Å². The number of hydrogen-bond acceptors (Lipinski definition) is 4. The van der Waals surface area contributed by atoms with Crippen LogP contribution < -0.4 is 5.73 Å². The van der Waals surface area contributed by atoms with Gasteiger partial charge < -0.3 is 14.9 Å². The first kappa shape index (κ1) is 12.1. The van der Waals surface area contributed by atoms with E-state index in [0.717, 1.165) is 15.8 Å². The Hall–Kier alpha value is -1.40. The lowest BCUT2D eigenvalue weighted by molar-refractivity contribution is 0.0597. The molecule has 0 aliphatic heterocycles. The Balaban J connectivity index is 2.66. The number of pyridine rings is 1. The third-order valence-electron chi connectivity index (χ3n) is 2.43. The highest BCUT2D eigenvalue weighted by Gasteiger charge is 2.17. The van der Waals surface area contributed by atoms with Crippen molar-refractivity contribution in [2.75, 3.05) is 13.7 Å². The quantitative estimate of drug-likeness (QED) is 0.869. The maximum Gasteiger partial charge on any atom is 0.358 e. The number of fused-ring (bicyclic) bond motifs is 1. The second-order valence-electron chi connectivity index (χ2n) is 3.51. The van der Waals surface area contributed by atoms with E-state index in [1.807, 2.05) is 22.7 Å². The number of esters is 1. The Labute approximate surface area is 107 Å². The molecule has 2 N–H and O–H groups in total. The number of halogens is 1. The number of aromatic nitrogens is 2. The predicted molar refractivity (Wildman–Crippen MR) is 67.0 cm³/mol. The van der Waals surface area contributed by atoms with Gasteiger partial charge in [-0.05, 0) is 18.7 Å². The zero-order valence-corrected chi connectivity index (χ0v) is 10.9. The zero-order valence-electron chi connectivity index (χ0n) is 9.31. The maximum atomic E-state index is 11.6. The van der Waals surface area contributed by atoms with Crippen LogP contribution in [0.3, 0.4) is 0 Å². The first-order chi connectivity index (χ1) is 8.17. The fraction of sp³-hybridized carbons (Fsp3) is 0.273. The van der Waals surface area contributed by atoms with Gasteiger partial charge in [-0.3, -0.25) is 0 Å². The lowest BCUT2D eigenvalue weighted by Crippen LogP contribution is -2.06. The largest absolute Gasteiger partial charge is 0.464 e. The molecule has 0 atom stereocenters. The first-order valence-corrected chi connectivity index (χ1v) is 5.91. The number of ether oxygens (including phenoxy) is 1. The number of nitrogens with zero attached hydrogens (tertiary/aromatic N) is 2. The molecule has 0 radical (unpaired) electrons. The summed E-state index contributed by atoms with van der Waals surface area (Å²) in [6, 6.07) is 3.72. The molecule has 0 unspecified atom stereocenters. The van der Waals surface area contributed by atoms with Gasteiger partial charge in [0.05, 0.1) is 12.6 Å². The third kappa shape index (κ3) is 2.18. The van der Waals surface area contributed by atoms with Crippen molar-refractivity contribution < 1.29 is 9.53 Å². The normalized spacial score (nSPS) is 10.8. The molecule has 0 fully saturated rings. The molecule has 5 nitrogen and oxygen atoms in total. The summed E-state index contributed by atoms with van der Waals surface area (Å²) < 4.78 is 7.45. The van der Waals surface area contributed by atoms with Gasteiger partial charge in [0.1, 0.15) is 5.82 Å². The molecule has 0 aliphatic carbocycles. The highest BCUT2D eigenvalue weighted by molar-refractivity contribution is 9.10. The van der Waals surface area contributed by atoms with Crippen LogP contribution in [0.1, 0.15) is 16.3 Å². The monoisotopic (exact) mass is 297 g/mol. The fourth-order valence-corrected chi connectivity index (χ4v) is 2.01. The van der Waals surface area contributed by atoms with E-state index in [0.29, 0.717) is 18.7 Å². The number of imidazole rings is 1. The van der Waals surface area contributed by atoms with Crippen molar-refractivity contribution in [3.05, 3.63) is 34.3 Å². The SMILES string of the molecule is COC(=O)c1nc(CCN)n2ccc(Br)cc12. The van der Waals surface area contributed by atoms with Crippen LogP contribution in [0.25, 0.3) is 5.52 Å². The van der Waals surface area contributed by atoms with E-state index in [9.17, 15) is 4.79 Å². The van der Waals surface area contributed by atoms with Gasteiger partial charge in [0.2, 0.25) is 0 Å². The number of carbonyl (C=O) groups is 1. The van der Waals surface area contributed by atoms with E-state index in [1.54, 1.807) is 0 Å². The highest BCUT2D eigenvalue weighted by atomic mass is 79.9. The van der Waals surface area contributed by atoms with Gasteiger partial charge in [0.25, 0.3) is 0 Å². The van der Waals surface area contributed by atoms with E-state index in [-0.39, 0.29) is 0 Å². The smallest absolute Gasteiger partial charge is 0.358 e. The summed E-state index contributed by atoms with van der Waals surface area (Å²) in [6.07, 6.45) is 2.46. The van der Waals surface area contributed by atoms with E-state index in [4.69, 9.17) is 10.5 Å². The van der Waals surface area contributed by atoms with Gasteiger partial charge in [-0.15, -0.1) is 0 Å². The molecule has 2 rings (SSSR count). The van der Waals surface area contributed by atoms with Crippen LogP contribution in [0.2, 0.25) is 0 Å². The van der Waals surface area contributed by atoms with Crippen molar-refractivity contribution in [1.29, 1.82) is 0 Å². The average Bonchev–Trinajstić information content (AvgIpc) is 2.67. The molecule has 2 heterocycles. The van der Waals surface area contributed by atoms with Crippen molar-refractivity contribution in [3.8, 4) is 0 Å². The summed E-state index contributed by atoms with van der Waals surface area (Å²) in [4.78, 5) is 15.9. The topological polar surface area (TPSA) is 69.6 Å². The molecule has 0 saturated carbocycles. The number of hydrogen-bond donors (Lipinski definition) is 1. The first-order valence-electron chi connectivity index (χ1n) is 5.12. The minimum atomic E-state index is -0.441. The Bertz CT molecular complexity index is 565. The Morgan fingerprint density at radius 2 is 2.41 bits per heavy atom. The molecule has 6 heteroatoms. The molecule has 17 heavy (non-hydrogen) atoms. The molecule has 0 saturated heterocycles. The highest BCUT2D eigenvalue weighted by Crippen LogP contribution is 2.19. The van der Waals surface area contributed by atoms with Crippen molar-refractivity contribution in [3.63, 3.8) is 0 Å². The van der Waals surface area contributed by atoms with Gasteiger partial charge in [0.15, 0.2) is 5.69 Å². The van der Waals surface area contributed by atoms with E-state index >= 15 is 0 Å². The second-order valence-corrected chi connectivity index (χ2v) is 4.42. The number of carbonyl (C=O) groups excluding carboxylic acids is 1. The molecule has 0 spiro atoms. The van der Waals surface area contributed by atoms with Crippen LogP contribution >= 0.6 is 15.9 Å². The Morgan fingerprint density at radius 3 is 3.06 bits per heavy atom. The molecule has 0 amide bonds. The number of methoxy groups -OCH3 is 1. The van der Waals surface area contributed by atoms with E-state index in [2.05, 4.69) is 20.9 Å².